The minimum atomic E-state index is -3.91. The van der Waals surface area contributed by atoms with Crippen molar-refractivity contribution in [1.29, 1.82) is 5.26 Å². The molecule has 0 saturated heterocycles. The second kappa shape index (κ2) is 6.59. The smallest absolute Gasteiger partial charge is 0.178 e. The lowest BCUT2D eigenvalue weighted by molar-refractivity contribution is 0.400. The fourth-order valence-corrected chi connectivity index (χ4v) is 3.56. The molecule has 27 heavy (non-hydrogen) atoms. The lowest BCUT2D eigenvalue weighted by Gasteiger charge is -2.09. The van der Waals surface area contributed by atoms with Gasteiger partial charge in [-0.3, -0.25) is 0 Å². The predicted octanol–water partition coefficient (Wildman–Crippen LogP) is 4.18. The van der Waals surface area contributed by atoms with Crippen LogP contribution in [0.2, 0.25) is 0 Å². The average Bonchev–Trinajstić information content (AvgIpc) is 2.97. The molecule has 0 saturated carbocycles. The summed E-state index contributed by atoms with van der Waals surface area (Å²) in [6.07, 6.45) is 0.806. The van der Waals surface area contributed by atoms with Crippen LogP contribution in [-0.4, -0.2) is 19.8 Å². The Labute approximate surface area is 154 Å². The number of aromatic nitrogens is 1. The standard InChI is InChI=1S/C19H14F2N2O3S/c1-10-6-12(4-5-13(10)9-22)19-18(11(2)26-23-19)14-7-16(21)17(8-15(14)20)27(3,24)25/h4-8H,1-3H3. The van der Waals surface area contributed by atoms with E-state index in [-0.39, 0.29) is 22.6 Å². The molecule has 0 spiro atoms. The van der Waals surface area contributed by atoms with E-state index < -0.39 is 26.4 Å². The second-order valence-corrected chi connectivity index (χ2v) is 8.12. The summed E-state index contributed by atoms with van der Waals surface area (Å²) in [5.74, 6) is -1.72. The third-order valence-electron chi connectivity index (χ3n) is 4.17. The van der Waals surface area contributed by atoms with Crippen LogP contribution >= 0.6 is 0 Å². The number of nitriles is 1. The summed E-state index contributed by atoms with van der Waals surface area (Å²) in [4.78, 5) is -0.714. The van der Waals surface area contributed by atoms with E-state index in [0.29, 0.717) is 22.8 Å². The zero-order valence-electron chi connectivity index (χ0n) is 14.7. The molecule has 138 valence electrons. The van der Waals surface area contributed by atoms with Crippen LogP contribution in [0.1, 0.15) is 16.9 Å². The van der Waals surface area contributed by atoms with Gasteiger partial charge in [-0.25, -0.2) is 17.2 Å². The number of hydrogen-bond acceptors (Lipinski definition) is 5. The molecule has 0 atom stereocenters. The maximum Gasteiger partial charge on any atom is 0.178 e. The molecule has 1 aromatic heterocycles. The Morgan fingerprint density at radius 2 is 1.81 bits per heavy atom. The Hall–Kier alpha value is -3.05. The molecule has 0 aliphatic carbocycles. The molecule has 0 N–H and O–H groups in total. The first-order chi connectivity index (χ1) is 12.6. The lowest BCUT2D eigenvalue weighted by Crippen LogP contribution is -2.03. The van der Waals surface area contributed by atoms with Gasteiger partial charge in [-0.15, -0.1) is 0 Å². The maximum absolute atomic E-state index is 14.7. The Bertz CT molecular complexity index is 1210. The van der Waals surface area contributed by atoms with Crippen molar-refractivity contribution in [1.82, 2.24) is 5.16 Å². The Morgan fingerprint density at radius 3 is 2.41 bits per heavy atom. The number of benzene rings is 2. The van der Waals surface area contributed by atoms with E-state index >= 15 is 0 Å². The van der Waals surface area contributed by atoms with Crippen LogP contribution in [0, 0.1) is 36.8 Å². The highest BCUT2D eigenvalue weighted by atomic mass is 32.2. The van der Waals surface area contributed by atoms with E-state index in [1.807, 2.05) is 0 Å². The molecule has 0 radical (unpaired) electrons. The van der Waals surface area contributed by atoms with Gasteiger partial charge in [0.1, 0.15) is 28.0 Å². The summed E-state index contributed by atoms with van der Waals surface area (Å²) in [5.41, 5.74) is 2.07. The van der Waals surface area contributed by atoms with Crippen LogP contribution in [0.25, 0.3) is 22.4 Å². The fourth-order valence-electron chi connectivity index (χ4n) is 2.83. The van der Waals surface area contributed by atoms with E-state index in [1.54, 1.807) is 32.0 Å². The molecule has 0 fully saturated rings. The van der Waals surface area contributed by atoms with Gasteiger partial charge in [0.25, 0.3) is 0 Å². The summed E-state index contributed by atoms with van der Waals surface area (Å²) < 4.78 is 57.3. The van der Waals surface area contributed by atoms with Gasteiger partial charge in [0.2, 0.25) is 0 Å². The second-order valence-electron chi connectivity index (χ2n) is 6.14. The zero-order chi connectivity index (χ0) is 19.9. The monoisotopic (exact) mass is 388 g/mol. The molecule has 8 heteroatoms. The Morgan fingerprint density at radius 1 is 1.11 bits per heavy atom. The first-order valence-electron chi connectivity index (χ1n) is 7.80. The predicted molar refractivity (Wildman–Crippen MR) is 94.6 cm³/mol. The molecule has 3 rings (SSSR count). The molecule has 0 aliphatic rings. The molecule has 5 nitrogen and oxygen atoms in total. The van der Waals surface area contributed by atoms with Crippen molar-refractivity contribution in [3.05, 3.63) is 58.9 Å². The van der Waals surface area contributed by atoms with Gasteiger partial charge in [-0.2, -0.15) is 5.26 Å². The molecule has 1 heterocycles. The fraction of sp³-hybridized carbons (Fsp3) is 0.158. The highest BCUT2D eigenvalue weighted by Gasteiger charge is 2.24. The summed E-state index contributed by atoms with van der Waals surface area (Å²) >= 11 is 0. The van der Waals surface area contributed by atoms with E-state index in [0.717, 1.165) is 12.3 Å². The molecule has 0 aliphatic heterocycles. The number of halogens is 2. The van der Waals surface area contributed by atoms with Gasteiger partial charge in [-0.05, 0) is 43.7 Å². The number of aryl methyl sites for hydroxylation is 2. The minimum Gasteiger partial charge on any atom is -0.360 e. The van der Waals surface area contributed by atoms with E-state index in [4.69, 9.17) is 9.78 Å². The molecule has 0 amide bonds. The van der Waals surface area contributed by atoms with Crippen molar-refractivity contribution in [3.8, 4) is 28.5 Å². The van der Waals surface area contributed by atoms with Crippen molar-refractivity contribution < 1.29 is 21.7 Å². The van der Waals surface area contributed by atoms with Crippen LogP contribution in [-0.2, 0) is 9.84 Å². The molecule has 0 unspecified atom stereocenters. The highest BCUT2D eigenvalue weighted by Crippen LogP contribution is 2.37. The molecule has 2 aromatic carbocycles. The first kappa shape index (κ1) is 18.7. The number of hydrogen-bond donors (Lipinski definition) is 0. The van der Waals surface area contributed by atoms with Crippen LogP contribution in [0.15, 0.2) is 39.8 Å². The van der Waals surface area contributed by atoms with E-state index in [1.165, 1.54) is 0 Å². The lowest BCUT2D eigenvalue weighted by atomic mass is 9.97. The maximum atomic E-state index is 14.7. The minimum absolute atomic E-state index is 0.157. The molecular formula is C19H14F2N2O3S. The van der Waals surface area contributed by atoms with Gasteiger partial charge < -0.3 is 4.52 Å². The molecule has 3 aromatic rings. The number of rotatable bonds is 3. The summed E-state index contributed by atoms with van der Waals surface area (Å²) in [6, 6.07) is 8.45. The third-order valence-corrected chi connectivity index (χ3v) is 5.29. The Balaban J connectivity index is 2.24. The number of nitrogens with zero attached hydrogens (tertiary/aromatic N) is 2. The Kier molecular flexibility index (Phi) is 4.57. The van der Waals surface area contributed by atoms with Crippen LogP contribution in [0.4, 0.5) is 8.78 Å². The van der Waals surface area contributed by atoms with Gasteiger partial charge in [0, 0.05) is 17.4 Å². The van der Waals surface area contributed by atoms with E-state index in [9.17, 15) is 17.2 Å². The largest absolute Gasteiger partial charge is 0.360 e. The SMILES string of the molecule is Cc1cc(-c2noc(C)c2-c2cc(F)c(S(C)(=O)=O)cc2F)ccc1C#N. The average molecular weight is 388 g/mol. The van der Waals surface area contributed by atoms with Crippen LogP contribution in [0.5, 0.6) is 0 Å². The summed E-state index contributed by atoms with van der Waals surface area (Å²) in [6.45, 7) is 3.29. The first-order valence-corrected chi connectivity index (χ1v) is 9.69. The zero-order valence-corrected chi connectivity index (χ0v) is 15.5. The van der Waals surface area contributed by atoms with Gasteiger partial charge in [0.05, 0.1) is 17.2 Å². The highest BCUT2D eigenvalue weighted by molar-refractivity contribution is 7.90. The quantitative estimate of drug-likeness (QED) is 0.672. The summed E-state index contributed by atoms with van der Waals surface area (Å²) in [5, 5.41) is 13.0. The van der Waals surface area contributed by atoms with Crippen molar-refractivity contribution >= 4 is 9.84 Å². The third kappa shape index (κ3) is 3.34. The molecule has 0 bridgehead atoms. The van der Waals surface area contributed by atoms with Gasteiger partial charge in [-0.1, -0.05) is 11.2 Å². The summed E-state index contributed by atoms with van der Waals surface area (Å²) in [7, 11) is -3.91. The van der Waals surface area contributed by atoms with Crippen molar-refractivity contribution in [3.63, 3.8) is 0 Å². The topological polar surface area (TPSA) is 84.0 Å². The van der Waals surface area contributed by atoms with Crippen LogP contribution in [0.3, 0.4) is 0 Å². The van der Waals surface area contributed by atoms with E-state index in [2.05, 4.69) is 11.2 Å². The normalized spacial score (nSPS) is 11.4. The van der Waals surface area contributed by atoms with Gasteiger partial charge in [0.15, 0.2) is 9.84 Å². The number of sulfone groups is 1. The van der Waals surface area contributed by atoms with Crippen LogP contribution < -0.4 is 0 Å². The van der Waals surface area contributed by atoms with Crippen molar-refractivity contribution in [2.75, 3.05) is 6.26 Å². The molecular weight excluding hydrogens is 374 g/mol. The van der Waals surface area contributed by atoms with Gasteiger partial charge >= 0.3 is 0 Å². The van der Waals surface area contributed by atoms with Crippen molar-refractivity contribution in [2.45, 2.75) is 18.7 Å². The van der Waals surface area contributed by atoms with Crippen molar-refractivity contribution in [2.24, 2.45) is 0 Å².